The van der Waals surface area contributed by atoms with E-state index in [0.717, 1.165) is 18.2 Å². The lowest BCUT2D eigenvalue weighted by Crippen LogP contribution is -1.78. The summed E-state index contributed by atoms with van der Waals surface area (Å²) in [6, 6.07) is 3.91. The molecule has 3 N–H and O–H groups in total. The van der Waals surface area contributed by atoms with Gasteiger partial charge in [0.25, 0.3) is 5.97 Å². The number of nitrogens with two attached hydrogens (primary N) is 1. The maximum Gasteiger partial charge on any atom is 0.300 e. The highest BCUT2D eigenvalue weighted by Gasteiger charge is 1.81. The minimum Gasteiger partial charge on any atom is -0.481 e. The first kappa shape index (κ1) is 15.4. The average Bonchev–Trinajstić information content (AvgIpc) is 2.21. The summed E-state index contributed by atoms with van der Waals surface area (Å²) >= 11 is 4.07. The maximum atomic E-state index is 9.00. The van der Waals surface area contributed by atoms with Crippen molar-refractivity contribution in [3.63, 3.8) is 0 Å². The molecule has 80 valence electrons. The molecule has 0 atom stereocenters. The number of rotatable bonds is 1. The monoisotopic (exact) mass is 216 g/mol. The number of carboxylic acids is 1. The third-order valence-corrected chi connectivity index (χ3v) is 1.27. The highest BCUT2D eigenvalue weighted by Crippen LogP contribution is 1.97. The molecular weight excluding hydrogens is 200 g/mol. The molecule has 0 aliphatic rings. The van der Waals surface area contributed by atoms with Gasteiger partial charge in [-0.3, -0.25) is 9.78 Å². The topological polar surface area (TPSA) is 76.2 Å². The number of hydrogen-bond donors (Lipinski definition) is 3. The van der Waals surface area contributed by atoms with Gasteiger partial charge in [0, 0.05) is 25.1 Å². The second-order valence-corrected chi connectivity index (χ2v) is 2.35. The summed E-state index contributed by atoms with van der Waals surface area (Å²) in [5.41, 5.74) is 5.66. The molecule has 14 heavy (non-hydrogen) atoms. The average molecular weight is 216 g/mol. The zero-order valence-electron chi connectivity index (χ0n) is 8.34. The summed E-state index contributed by atoms with van der Waals surface area (Å²) in [7, 11) is 1.50. The predicted octanol–water partition coefficient (Wildman–Crippen LogP) is 1.18. The standard InChI is InChI=1S/C6H7NS.C2H4O2.CH5N/c8-5-6-2-1-3-7-4-6;1-2(3)4;1-2/h1-4,8H,5H2;1H3,(H,3,4);2H2,1H3. The second kappa shape index (κ2) is 11.9. The summed E-state index contributed by atoms with van der Waals surface area (Å²) in [6.45, 7) is 1.08. The van der Waals surface area contributed by atoms with Gasteiger partial charge in [-0.05, 0) is 18.7 Å². The molecule has 1 rings (SSSR count). The van der Waals surface area contributed by atoms with Crippen LogP contribution in [0, 0.1) is 0 Å². The number of nitrogens with zero attached hydrogens (tertiary/aromatic N) is 1. The molecule has 1 aromatic heterocycles. The van der Waals surface area contributed by atoms with Crippen LogP contribution in [0.15, 0.2) is 24.5 Å². The Morgan fingerprint density at radius 3 is 2.36 bits per heavy atom. The Balaban J connectivity index is 0. The lowest BCUT2D eigenvalue weighted by Gasteiger charge is -1.88. The van der Waals surface area contributed by atoms with E-state index in [-0.39, 0.29) is 0 Å². The molecule has 0 spiro atoms. The van der Waals surface area contributed by atoms with Crippen LogP contribution in [0.1, 0.15) is 12.5 Å². The zero-order chi connectivity index (χ0) is 11.4. The Morgan fingerprint density at radius 1 is 1.64 bits per heavy atom. The molecule has 0 aliphatic heterocycles. The van der Waals surface area contributed by atoms with Crippen LogP contribution in [-0.2, 0) is 10.5 Å². The van der Waals surface area contributed by atoms with Crippen LogP contribution < -0.4 is 5.73 Å². The van der Waals surface area contributed by atoms with E-state index >= 15 is 0 Å². The van der Waals surface area contributed by atoms with Crippen molar-refractivity contribution in [2.75, 3.05) is 7.05 Å². The van der Waals surface area contributed by atoms with Crippen LogP contribution in [0.5, 0.6) is 0 Å². The molecule has 5 heteroatoms. The largest absolute Gasteiger partial charge is 0.481 e. The number of pyridine rings is 1. The van der Waals surface area contributed by atoms with Crippen molar-refractivity contribution in [1.82, 2.24) is 4.98 Å². The van der Waals surface area contributed by atoms with E-state index < -0.39 is 5.97 Å². The van der Waals surface area contributed by atoms with E-state index in [9.17, 15) is 0 Å². The van der Waals surface area contributed by atoms with Crippen molar-refractivity contribution in [2.24, 2.45) is 5.73 Å². The van der Waals surface area contributed by atoms with E-state index in [4.69, 9.17) is 9.90 Å². The molecule has 4 nitrogen and oxygen atoms in total. The molecule has 0 bridgehead atoms. The van der Waals surface area contributed by atoms with E-state index in [2.05, 4.69) is 23.3 Å². The number of hydrogen-bond acceptors (Lipinski definition) is 4. The number of aliphatic carboxylic acids is 1. The van der Waals surface area contributed by atoms with E-state index in [1.54, 1.807) is 6.20 Å². The van der Waals surface area contributed by atoms with Crippen molar-refractivity contribution >= 4 is 18.6 Å². The van der Waals surface area contributed by atoms with Crippen molar-refractivity contribution in [3.05, 3.63) is 30.1 Å². The van der Waals surface area contributed by atoms with Crippen LogP contribution in [0.2, 0.25) is 0 Å². The molecule has 0 unspecified atom stereocenters. The predicted molar refractivity (Wildman–Crippen MR) is 60.3 cm³/mol. The quantitative estimate of drug-likeness (QED) is 0.616. The molecule has 1 heterocycles. The Kier molecular flexibility index (Phi) is 13.1. The molecule has 0 radical (unpaired) electrons. The summed E-state index contributed by atoms with van der Waals surface area (Å²) in [4.78, 5) is 12.9. The van der Waals surface area contributed by atoms with E-state index in [1.807, 2.05) is 18.3 Å². The van der Waals surface area contributed by atoms with E-state index in [0.29, 0.717) is 0 Å². The van der Waals surface area contributed by atoms with Gasteiger partial charge in [0.2, 0.25) is 0 Å². The highest BCUT2D eigenvalue weighted by molar-refractivity contribution is 7.79. The van der Waals surface area contributed by atoms with Gasteiger partial charge >= 0.3 is 0 Å². The first-order chi connectivity index (χ1) is 6.66. The van der Waals surface area contributed by atoms with Crippen LogP contribution in [0.3, 0.4) is 0 Å². The first-order valence-electron chi connectivity index (χ1n) is 3.94. The Labute approximate surface area is 89.6 Å². The molecule has 0 aliphatic carbocycles. The van der Waals surface area contributed by atoms with Crippen molar-refractivity contribution in [1.29, 1.82) is 0 Å². The number of aromatic nitrogens is 1. The van der Waals surface area contributed by atoms with Crippen LogP contribution in [-0.4, -0.2) is 23.1 Å². The molecule has 0 aromatic carbocycles. The number of carbonyl (C=O) groups is 1. The third kappa shape index (κ3) is 13.5. The van der Waals surface area contributed by atoms with Gasteiger partial charge < -0.3 is 10.8 Å². The Bertz CT molecular complexity index is 226. The zero-order valence-corrected chi connectivity index (χ0v) is 9.24. The lowest BCUT2D eigenvalue weighted by molar-refractivity contribution is -0.134. The smallest absolute Gasteiger partial charge is 0.300 e. The molecule has 1 aromatic rings. The second-order valence-electron chi connectivity index (χ2n) is 2.04. The fourth-order valence-electron chi connectivity index (χ4n) is 0.492. The SMILES string of the molecule is CC(=O)O.CN.SCc1cccnc1. The van der Waals surface area contributed by atoms with Gasteiger partial charge in [-0.15, -0.1) is 0 Å². The minimum atomic E-state index is -0.833. The van der Waals surface area contributed by atoms with Gasteiger partial charge in [0.05, 0.1) is 0 Å². The Morgan fingerprint density at radius 2 is 2.14 bits per heavy atom. The van der Waals surface area contributed by atoms with Crippen molar-refractivity contribution < 1.29 is 9.90 Å². The van der Waals surface area contributed by atoms with Gasteiger partial charge in [0.1, 0.15) is 0 Å². The van der Waals surface area contributed by atoms with E-state index in [1.165, 1.54) is 7.05 Å². The highest BCUT2D eigenvalue weighted by atomic mass is 32.1. The van der Waals surface area contributed by atoms with Gasteiger partial charge in [-0.25, -0.2) is 0 Å². The summed E-state index contributed by atoms with van der Waals surface area (Å²) < 4.78 is 0. The summed E-state index contributed by atoms with van der Waals surface area (Å²) in [6.07, 6.45) is 3.57. The van der Waals surface area contributed by atoms with Crippen LogP contribution >= 0.6 is 12.6 Å². The molecule has 0 saturated carbocycles. The third-order valence-electron chi connectivity index (χ3n) is 0.905. The summed E-state index contributed by atoms with van der Waals surface area (Å²) in [5.74, 6) is -0.0617. The fraction of sp³-hybridized carbons (Fsp3) is 0.333. The molecule has 0 fully saturated rings. The lowest BCUT2D eigenvalue weighted by atomic mass is 10.3. The molecule has 0 amide bonds. The first-order valence-corrected chi connectivity index (χ1v) is 4.57. The molecule has 0 saturated heterocycles. The van der Waals surface area contributed by atoms with Crippen LogP contribution in [0.25, 0.3) is 0 Å². The normalized spacial score (nSPS) is 7.43. The minimum absolute atomic E-state index is 0.772. The summed E-state index contributed by atoms with van der Waals surface area (Å²) in [5, 5.41) is 7.42. The Hall–Kier alpha value is -1.07. The van der Waals surface area contributed by atoms with Gasteiger partial charge in [0.15, 0.2) is 0 Å². The van der Waals surface area contributed by atoms with Gasteiger partial charge in [-0.1, -0.05) is 6.07 Å². The fourth-order valence-corrected chi connectivity index (χ4v) is 0.679. The van der Waals surface area contributed by atoms with Crippen molar-refractivity contribution in [2.45, 2.75) is 12.7 Å². The van der Waals surface area contributed by atoms with Crippen LogP contribution in [0.4, 0.5) is 0 Å². The number of carboxylic acid groups (broad SMARTS) is 1. The van der Waals surface area contributed by atoms with Gasteiger partial charge in [-0.2, -0.15) is 12.6 Å². The maximum absolute atomic E-state index is 9.00. The number of thiol groups is 1. The van der Waals surface area contributed by atoms with Crippen molar-refractivity contribution in [3.8, 4) is 0 Å². The molecular formula is C9H16N2O2S.